The zero-order valence-electron chi connectivity index (χ0n) is 12.9. The Hall–Kier alpha value is -0.420. The van der Waals surface area contributed by atoms with Gasteiger partial charge in [0.25, 0.3) is 0 Å². The largest absolute Gasteiger partial charge is 0.314 e. The lowest BCUT2D eigenvalue weighted by Crippen LogP contribution is -2.45. The third kappa shape index (κ3) is 5.65. The molecule has 1 aliphatic heterocycles. The summed E-state index contributed by atoms with van der Waals surface area (Å²) >= 11 is 3.47. The molecule has 1 aliphatic rings. The average Bonchev–Trinajstić information content (AvgIpc) is 2.51. The number of hydrogen-bond acceptors (Lipinski definition) is 2. The lowest BCUT2D eigenvalue weighted by Gasteiger charge is -2.35. The molecule has 0 aromatic heterocycles. The van der Waals surface area contributed by atoms with Gasteiger partial charge in [0, 0.05) is 42.3 Å². The number of piperazine rings is 1. The third-order valence-corrected chi connectivity index (χ3v) is 4.54. The number of hydrogen-bond donors (Lipinski definition) is 1. The van der Waals surface area contributed by atoms with Crippen LogP contribution in [0.3, 0.4) is 0 Å². The van der Waals surface area contributed by atoms with E-state index in [0.717, 1.165) is 61.9 Å². The summed E-state index contributed by atoms with van der Waals surface area (Å²) in [5, 5.41) is 3.37. The minimum atomic E-state index is -0.0922. The van der Waals surface area contributed by atoms with E-state index >= 15 is 0 Å². The molecule has 1 heterocycles. The van der Waals surface area contributed by atoms with Gasteiger partial charge in [0.1, 0.15) is 5.82 Å². The van der Waals surface area contributed by atoms with Crippen LogP contribution in [0.2, 0.25) is 0 Å². The van der Waals surface area contributed by atoms with E-state index in [0.29, 0.717) is 0 Å². The number of halogens is 3. The van der Waals surface area contributed by atoms with E-state index < -0.39 is 0 Å². The molecule has 1 saturated heterocycles. The standard InChI is InChI=1S/C17H24BrFN2.ClH/c1-2-3-4-5-6-17(21-11-9-20-10-12-21)15-13-14(18)7-8-16(15)19;/h2,7-8,13,17,20H,1,3-6,9-12H2;1H/t17-;/m1./s1. The van der Waals surface area contributed by atoms with Gasteiger partial charge in [0.15, 0.2) is 0 Å². The molecule has 0 radical (unpaired) electrons. The van der Waals surface area contributed by atoms with Crippen LogP contribution in [0.1, 0.15) is 37.3 Å². The second-order valence-corrected chi connectivity index (χ2v) is 6.46. The second-order valence-electron chi connectivity index (χ2n) is 5.54. The van der Waals surface area contributed by atoms with Gasteiger partial charge in [-0.15, -0.1) is 19.0 Å². The van der Waals surface area contributed by atoms with Crippen LogP contribution in [-0.4, -0.2) is 31.1 Å². The van der Waals surface area contributed by atoms with Crippen LogP contribution in [0.15, 0.2) is 35.3 Å². The van der Waals surface area contributed by atoms with Gasteiger partial charge in [-0.25, -0.2) is 4.39 Å². The fraction of sp³-hybridized carbons (Fsp3) is 0.529. The van der Waals surface area contributed by atoms with Crippen LogP contribution in [0.4, 0.5) is 4.39 Å². The van der Waals surface area contributed by atoms with Crippen molar-refractivity contribution >= 4 is 28.3 Å². The summed E-state index contributed by atoms with van der Waals surface area (Å²) in [4.78, 5) is 2.41. The fourth-order valence-electron chi connectivity index (χ4n) is 2.92. The minimum Gasteiger partial charge on any atom is -0.314 e. The number of rotatable bonds is 7. The zero-order valence-corrected chi connectivity index (χ0v) is 15.3. The predicted octanol–water partition coefficient (Wildman–Crippen LogP) is 4.70. The maximum Gasteiger partial charge on any atom is 0.128 e. The van der Waals surface area contributed by atoms with Crippen molar-refractivity contribution in [3.05, 3.63) is 46.7 Å². The Balaban J connectivity index is 0.00000242. The quantitative estimate of drug-likeness (QED) is 0.535. The van der Waals surface area contributed by atoms with E-state index in [4.69, 9.17) is 0 Å². The summed E-state index contributed by atoms with van der Waals surface area (Å²) in [7, 11) is 0. The van der Waals surface area contributed by atoms with Gasteiger partial charge in [0.2, 0.25) is 0 Å². The van der Waals surface area contributed by atoms with Gasteiger partial charge in [0.05, 0.1) is 0 Å². The Labute approximate surface area is 147 Å². The molecule has 124 valence electrons. The Kier molecular flexibility index (Phi) is 9.25. The van der Waals surface area contributed by atoms with E-state index in [-0.39, 0.29) is 24.3 Å². The first-order valence-corrected chi connectivity index (χ1v) is 8.52. The minimum absolute atomic E-state index is 0. The summed E-state index contributed by atoms with van der Waals surface area (Å²) in [5.74, 6) is -0.0922. The molecule has 0 amide bonds. The first-order valence-electron chi connectivity index (χ1n) is 7.73. The first kappa shape index (κ1) is 19.6. The van der Waals surface area contributed by atoms with Crippen molar-refractivity contribution in [1.29, 1.82) is 0 Å². The lowest BCUT2D eigenvalue weighted by molar-refractivity contribution is 0.159. The SMILES string of the molecule is C=CCCCC[C@H](c1cc(Br)ccc1F)N1CCNCC1.Cl. The van der Waals surface area contributed by atoms with E-state index in [9.17, 15) is 4.39 Å². The molecule has 1 N–H and O–H groups in total. The highest BCUT2D eigenvalue weighted by molar-refractivity contribution is 9.10. The Morgan fingerprint density at radius 1 is 1.32 bits per heavy atom. The predicted molar refractivity (Wildman–Crippen MR) is 97.2 cm³/mol. The summed E-state index contributed by atoms with van der Waals surface area (Å²) in [6.07, 6.45) is 6.23. The third-order valence-electron chi connectivity index (χ3n) is 4.05. The van der Waals surface area contributed by atoms with Crippen molar-refractivity contribution in [2.24, 2.45) is 0 Å². The number of nitrogens with one attached hydrogen (secondary N) is 1. The molecule has 1 atom stereocenters. The van der Waals surface area contributed by atoms with Crippen molar-refractivity contribution in [3.8, 4) is 0 Å². The van der Waals surface area contributed by atoms with Crippen molar-refractivity contribution < 1.29 is 4.39 Å². The molecule has 1 aromatic carbocycles. The van der Waals surface area contributed by atoms with Gasteiger partial charge in [-0.2, -0.15) is 0 Å². The number of allylic oxidation sites excluding steroid dienone is 1. The van der Waals surface area contributed by atoms with Crippen molar-refractivity contribution in [3.63, 3.8) is 0 Å². The molecule has 0 bridgehead atoms. The summed E-state index contributed by atoms with van der Waals surface area (Å²) < 4.78 is 15.2. The molecule has 2 rings (SSSR count). The zero-order chi connectivity index (χ0) is 15.1. The van der Waals surface area contributed by atoms with Crippen LogP contribution >= 0.6 is 28.3 Å². The van der Waals surface area contributed by atoms with Gasteiger partial charge < -0.3 is 5.32 Å². The van der Waals surface area contributed by atoms with Crippen LogP contribution in [0.5, 0.6) is 0 Å². The first-order chi connectivity index (χ1) is 10.2. The van der Waals surface area contributed by atoms with Gasteiger partial charge >= 0.3 is 0 Å². The molecule has 0 saturated carbocycles. The highest BCUT2D eigenvalue weighted by atomic mass is 79.9. The molecule has 2 nitrogen and oxygen atoms in total. The molecule has 22 heavy (non-hydrogen) atoms. The highest BCUT2D eigenvalue weighted by Gasteiger charge is 2.24. The molecule has 0 spiro atoms. The number of benzene rings is 1. The molecule has 5 heteroatoms. The molecule has 0 unspecified atom stereocenters. The monoisotopic (exact) mass is 390 g/mol. The second kappa shape index (κ2) is 10.4. The van der Waals surface area contributed by atoms with Gasteiger partial charge in [-0.05, 0) is 37.5 Å². The fourth-order valence-corrected chi connectivity index (χ4v) is 3.30. The smallest absolute Gasteiger partial charge is 0.128 e. The van der Waals surface area contributed by atoms with E-state index in [2.05, 4.69) is 32.7 Å². The van der Waals surface area contributed by atoms with Crippen LogP contribution in [-0.2, 0) is 0 Å². The van der Waals surface area contributed by atoms with Crippen molar-refractivity contribution in [2.45, 2.75) is 31.7 Å². The topological polar surface area (TPSA) is 15.3 Å². The van der Waals surface area contributed by atoms with E-state index in [1.807, 2.05) is 12.1 Å². The van der Waals surface area contributed by atoms with E-state index in [1.54, 1.807) is 12.1 Å². The van der Waals surface area contributed by atoms with E-state index in [1.165, 1.54) is 0 Å². The average molecular weight is 392 g/mol. The molecular weight excluding hydrogens is 367 g/mol. The molecule has 0 aliphatic carbocycles. The van der Waals surface area contributed by atoms with Crippen molar-refractivity contribution in [2.75, 3.05) is 26.2 Å². The number of nitrogens with zero attached hydrogens (tertiary/aromatic N) is 1. The van der Waals surface area contributed by atoms with Gasteiger partial charge in [-0.1, -0.05) is 28.4 Å². The Morgan fingerprint density at radius 2 is 2.05 bits per heavy atom. The normalized spacial score (nSPS) is 16.8. The summed E-state index contributed by atoms with van der Waals surface area (Å²) in [6.45, 7) is 7.70. The summed E-state index contributed by atoms with van der Waals surface area (Å²) in [6, 6.07) is 5.45. The number of unbranched alkanes of at least 4 members (excludes halogenated alkanes) is 2. The lowest BCUT2D eigenvalue weighted by atomic mass is 9.97. The highest BCUT2D eigenvalue weighted by Crippen LogP contribution is 2.31. The van der Waals surface area contributed by atoms with Crippen LogP contribution in [0, 0.1) is 5.82 Å². The molecule has 1 aromatic rings. The maximum atomic E-state index is 14.3. The maximum absolute atomic E-state index is 14.3. The van der Waals surface area contributed by atoms with Crippen molar-refractivity contribution in [1.82, 2.24) is 10.2 Å². The Morgan fingerprint density at radius 3 is 2.73 bits per heavy atom. The van der Waals surface area contributed by atoms with Gasteiger partial charge in [-0.3, -0.25) is 4.90 Å². The summed E-state index contributed by atoms with van der Waals surface area (Å²) in [5.41, 5.74) is 0.824. The molecular formula is C17H25BrClFN2. The van der Waals surface area contributed by atoms with Crippen LogP contribution < -0.4 is 5.32 Å². The molecule has 1 fully saturated rings. The Bertz CT molecular complexity index is 464. The van der Waals surface area contributed by atoms with Crippen LogP contribution in [0.25, 0.3) is 0 Å².